The zero-order valence-corrected chi connectivity index (χ0v) is 16.2. The van der Waals surface area contributed by atoms with E-state index in [0.29, 0.717) is 27.6 Å². The van der Waals surface area contributed by atoms with Gasteiger partial charge in [0.15, 0.2) is 0 Å². The van der Waals surface area contributed by atoms with Crippen LogP contribution in [0.3, 0.4) is 0 Å². The Morgan fingerprint density at radius 1 is 0.931 bits per heavy atom. The molecule has 29 heavy (non-hydrogen) atoms. The molecule has 2 aromatic heterocycles. The molecule has 0 unspecified atom stereocenters. The normalized spacial score (nSPS) is 10.5. The Labute approximate surface area is 170 Å². The van der Waals surface area contributed by atoms with Crippen LogP contribution in [0.4, 0.5) is 0 Å². The molecule has 4 aromatic rings. The lowest BCUT2D eigenvalue weighted by atomic mass is 10.2. The van der Waals surface area contributed by atoms with Crippen LogP contribution in [0.1, 0.15) is 20.7 Å². The minimum atomic E-state index is -0.478. The Morgan fingerprint density at radius 2 is 1.69 bits per heavy atom. The smallest absolute Gasteiger partial charge is 0.272 e. The van der Waals surface area contributed by atoms with Gasteiger partial charge in [-0.05, 0) is 48.5 Å². The van der Waals surface area contributed by atoms with Gasteiger partial charge in [0, 0.05) is 11.8 Å². The van der Waals surface area contributed by atoms with Gasteiger partial charge in [-0.2, -0.15) is 0 Å². The van der Waals surface area contributed by atoms with Gasteiger partial charge < -0.3 is 4.74 Å². The van der Waals surface area contributed by atoms with E-state index in [1.165, 1.54) is 11.3 Å². The molecule has 0 radical (unpaired) electrons. The summed E-state index contributed by atoms with van der Waals surface area (Å²) in [4.78, 5) is 33.8. The van der Waals surface area contributed by atoms with E-state index >= 15 is 0 Å². The number of para-hydroxylation sites is 1. The molecule has 0 aliphatic heterocycles. The first-order valence-corrected chi connectivity index (χ1v) is 9.53. The number of benzene rings is 2. The third-order valence-electron chi connectivity index (χ3n) is 4.19. The fourth-order valence-corrected chi connectivity index (χ4v) is 3.70. The number of fused-ring (bicyclic) bond motifs is 1. The Morgan fingerprint density at radius 3 is 2.45 bits per heavy atom. The summed E-state index contributed by atoms with van der Waals surface area (Å²) in [5.41, 5.74) is 6.87. The van der Waals surface area contributed by atoms with E-state index in [-0.39, 0.29) is 0 Å². The minimum Gasteiger partial charge on any atom is -0.497 e. The number of ether oxygens (including phenoxy) is 1. The molecule has 0 aliphatic carbocycles. The maximum absolute atomic E-state index is 12.7. The van der Waals surface area contributed by atoms with Gasteiger partial charge in [-0.1, -0.05) is 12.1 Å². The molecule has 2 aromatic carbocycles. The second kappa shape index (κ2) is 8.07. The standard InChI is InChI=1S/C21H16N4O3S/c1-28-14-10-8-13(9-11-14)19(26)24-25-20(27)15-5-4-12-22-18(15)21-23-16-6-2-3-7-17(16)29-21/h2-12H,1H3,(H,24,26)(H,25,27). The second-order valence-corrected chi connectivity index (χ2v) is 7.05. The van der Waals surface area contributed by atoms with Crippen LogP contribution >= 0.6 is 11.3 Å². The van der Waals surface area contributed by atoms with Crippen molar-refractivity contribution in [2.24, 2.45) is 0 Å². The van der Waals surface area contributed by atoms with E-state index in [4.69, 9.17) is 4.74 Å². The highest BCUT2D eigenvalue weighted by atomic mass is 32.1. The number of thiazole rings is 1. The summed E-state index contributed by atoms with van der Waals surface area (Å²) in [6, 6.07) is 17.6. The predicted octanol–water partition coefficient (Wildman–Crippen LogP) is 3.44. The Kier molecular flexibility index (Phi) is 5.17. The van der Waals surface area contributed by atoms with Crippen LogP contribution in [-0.4, -0.2) is 28.9 Å². The van der Waals surface area contributed by atoms with E-state index in [0.717, 1.165) is 10.2 Å². The Hall–Kier alpha value is -3.78. The van der Waals surface area contributed by atoms with Crippen LogP contribution in [0.15, 0.2) is 66.9 Å². The molecule has 2 heterocycles. The number of pyridine rings is 1. The van der Waals surface area contributed by atoms with E-state index in [2.05, 4.69) is 20.8 Å². The average molecular weight is 404 g/mol. The van der Waals surface area contributed by atoms with Crippen molar-refractivity contribution in [2.45, 2.75) is 0 Å². The lowest BCUT2D eigenvalue weighted by Crippen LogP contribution is -2.41. The van der Waals surface area contributed by atoms with Crippen LogP contribution in [0.25, 0.3) is 20.9 Å². The summed E-state index contributed by atoms with van der Waals surface area (Å²) < 4.78 is 6.08. The number of amides is 2. The molecule has 144 valence electrons. The number of hydrogen-bond donors (Lipinski definition) is 2. The summed E-state index contributed by atoms with van der Waals surface area (Å²) in [5, 5.41) is 0.637. The van der Waals surface area contributed by atoms with E-state index in [1.807, 2.05) is 24.3 Å². The van der Waals surface area contributed by atoms with Crippen molar-refractivity contribution in [3.63, 3.8) is 0 Å². The lowest BCUT2D eigenvalue weighted by molar-refractivity contribution is 0.0847. The highest BCUT2D eigenvalue weighted by Gasteiger charge is 2.18. The first-order valence-electron chi connectivity index (χ1n) is 8.71. The molecule has 0 bridgehead atoms. The third kappa shape index (κ3) is 3.92. The number of nitrogens with one attached hydrogen (secondary N) is 2. The average Bonchev–Trinajstić information content (AvgIpc) is 3.21. The molecule has 2 N–H and O–H groups in total. The summed E-state index contributed by atoms with van der Waals surface area (Å²) >= 11 is 1.45. The molecule has 0 saturated heterocycles. The van der Waals surface area contributed by atoms with Gasteiger partial charge in [-0.15, -0.1) is 11.3 Å². The van der Waals surface area contributed by atoms with Gasteiger partial charge in [-0.3, -0.25) is 25.4 Å². The van der Waals surface area contributed by atoms with Crippen LogP contribution in [0.5, 0.6) is 5.75 Å². The highest BCUT2D eigenvalue weighted by Crippen LogP contribution is 2.30. The molecule has 0 atom stereocenters. The van der Waals surface area contributed by atoms with Gasteiger partial charge >= 0.3 is 0 Å². The molecular formula is C21H16N4O3S. The third-order valence-corrected chi connectivity index (χ3v) is 5.23. The Bertz CT molecular complexity index is 1150. The quantitative estimate of drug-likeness (QED) is 0.508. The second-order valence-electron chi connectivity index (χ2n) is 6.02. The van der Waals surface area contributed by atoms with Crippen molar-refractivity contribution >= 4 is 33.4 Å². The van der Waals surface area contributed by atoms with Gasteiger partial charge in [-0.25, -0.2) is 4.98 Å². The van der Waals surface area contributed by atoms with Crippen molar-refractivity contribution in [1.29, 1.82) is 0 Å². The fraction of sp³-hybridized carbons (Fsp3) is 0.0476. The number of rotatable bonds is 4. The van der Waals surface area contributed by atoms with Crippen molar-refractivity contribution in [1.82, 2.24) is 20.8 Å². The van der Waals surface area contributed by atoms with Crippen LogP contribution in [0.2, 0.25) is 0 Å². The molecular weight excluding hydrogens is 388 g/mol. The molecule has 2 amide bonds. The zero-order valence-electron chi connectivity index (χ0n) is 15.4. The van der Waals surface area contributed by atoms with E-state index in [1.54, 1.807) is 49.7 Å². The number of carbonyl (C=O) groups is 2. The van der Waals surface area contributed by atoms with Crippen molar-refractivity contribution in [3.8, 4) is 16.5 Å². The summed E-state index contributed by atoms with van der Waals surface area (Å²) in [5.74, 6) is -0.276. The molecule has 4 rings (SSSR count). The van der Waals surface area contributed by atoms with E-state index in [9.17, 15) is 9.59 Å². The number of carbonyl (C=O) groups excluding carboxylic acids is 2. The summed E-state index contributed by atoms with van der Waals surface area (Å²) in [6.07, 6.45) is 1.61. The molecule has 7 nitrogen and oxygen atoms in total. The molecule has 0 fully saturated rings. The highest BCUT2D eigenvalue weighted by molar-refractivity contribution is 7.21. The SMILES string of the molecule is COc1ccc(C(=O)NNC(=O)c2cccnc2-c2nc3ccccc3s2)cc1. The number of nitrogens with zero attached hydrogens (tertiary/aromatic N) is 2. The van der Waals surface area contributed by atoms with Crippen LogP contribution in [-0.2, 0) is 0 Å². The molecule has 8 heteroatoms. The van der Waals surface area contributed by atoms with Gasteiger partial charge in [0.2, 0.25) is 0 Å². The maximum Gasteiger partial charge on any atom is 0.272 e. The van der Waals surface area contributed by atoms with Crippen LogP contribution < -0.4 is 15.6 Å². The zero-order chi connectivity index (χ0) is 20.2. The fourth-order valence-electron chi connectivity index (χ4n) is 2.73. The topological polar surface area (TPSA) is 93.2 Å². The molecule has 0 saturated carbocycles. The van der Waals surface area contributed by atoms with Crippen molar-refractivity contribution < 1.29 is 14.3 Å². The van der Waals surface area contributed by atoms with Crippen molar-refractivity contribution in [2.75, 3.05) is 7.11 Å². The Balaban J connectivity index is 1.52. The molecule has 0 aliphatic rings. The van der Waals surface area contributed by atoms with E-state index < -0.39 is 11.8 Å². The van der Waals surface area contributed by atoms with Gasteiger partial charge in [0.25, 0.3) is 11.8 Å². The lowest BCUT2D eigenvalue weighted by Gasteiger charge is -2.09. The monoisotopic (exact) mass is 404 g/mol. The summed E-state index contributed by atoms with van der Waals surface area (Å²) in [6.45, 7) is 0. The summed E-state index contributed by atoms with van der Waals surface area (Å²) in [7, 11) is 1.55. The number of methoxy groups -OCH3 is 1. The first kappa shape index (κ1) is 18.6. The number of hydrogen-bond acceptors (Lipinski definition) is 6. The first-order chi connectivity index (χ1) is 14.2. The van der Waals surface area contributed by atoms with Crippen molar-refractivity contribution in [3.05, 3.63) is 78.0 Å². The van der Waals surface area contributed by atoms with Gasteiger partial charge in [0.05, 0.1) is 22.9 Å². The molecule has 0 spiro atoms. The minimum absolute atomic E-state index is 0.321. The predicted molar refractivity (Wildman–Crippen MR) is 111 cm³/mol. The number of aromatic nitrogens is 2. The largest absolute Gasteiger partial charge is 0.497 e. The maximum atomic E-state index is 12.7. The van der Waals surface area contributed by atoms with Crippen LogP contribution in [0, 0.1) is 0 Å². The van der Waals surface area contributed by atoms with Gasteiger partial charge in [0.1, 0.15) is 16.5 Å². The number of hydrazine groups is 1.